The van der Waals surface area contributed by atoms with E-state index in [0.29, 0.717) is 0 Å². The molecule has 0 spiro atoms. The van der Waals surface area contributed by atoms with Crippen LogP contribution in [0.1, 0.15) is 58.3 Å². The van der Waals surface area contributed by atoms with Crippen LogP contribution in [-0.2, 0) is 4.74 Å². The average molecular weight is 308 g/mol. The van der Waals surface area contributed by atoms with Crippen LogP contribution in [0, 0.1) is 0 Å². The van der Waals surface area contributed by atoms with E-state index in [-0.39, 0.29) is 0 Å². The lowest BCUT2D eigenvalue weighted by atomic mass is 10.1. The number of unbranched alkanes of at least 4 members (excludes halogenated alkanes) is 7. The van der Waals surface area contributed by atoms with E-state index in [0.717, 1.165) is 37.7 Å². The van der Waals surface area contributed by atoms with Crippen molar-refractivity contribution >= 4 is 0 Å². The minimum atomic E-state index is 0.806. The van der Waals surface area contributed by atoms with Gasteiger partial charge < -0.3 is 14.2 Å². The Morgan fingerprint density at radius 1 is 0.682 bits per heavy atom. The van der Waals surface area contributed by atoms with Crippen molar-refractivity contribution in [3.8, 4) is 11.5 Å². The highest BCUT2D eigenvalue weighted by Crippen LogP contribution is 2.17. The first-order valence-electron chi connectivity index (χ1n) is 8.71. The van der Waals surface area contributed by atoms with Gasteiger partial charge in [-0.2, -0.15) is 0 Å². The largest absolute Gasteiger partial charge is 0.497 e. The fourth-order valence-corrected chi connectivity index (χ4v) is 2.37. The van der Waals surface area contributed by atoms with Crippen LogP contribution >= 0.6 is 0 Å². The number of ether oxygens (including phenoxy) is 3. The Balaban J connectivity index is 1.85. The summed E-state index contributed by atoms with van der Waals surface area (Å²) in [5.74, 6) is 1.80. The van der Waals surface area contributed by atoms with E-state index in [1.54, 1.807) is 7.11 Å². The van der Waals surface area contributed by atoms with Gasteiger partial charge in [0.25, 0.3) is 0 Å². The second-order valence-electron chi connectivity index (χ2n) is 5.55. The molecule has 0 aliphatic carbocycles. The Labute approximate surface area is 136 Å². The smallest absolute Gasteiger partial charge is 0.119 e. The van der Waals surface area contributed by atoms with Crippen LogP contribution in [0.15, 0.2) is 24.3 Å². The highest BCUT2D eigenvalue weighted by atomic mass is 16.5. The molecule has 22 heavy (non-hydrogen) atoms. The summed E-state index contributed by atoms with van der Waals surface area (Å²) in [6.07, 6.45) is 10.3. The molecule has 3 nitrogen and oxygen atoms in total. The van der Waals surface area contributed by atoms with Gasteiger partial charge in [0, 0.05) is 13.2 Å². The van der Waals surface area contributed by atoms with Crippen LogP contribution in [0.2, 0.25) is 0 Å². The summed E-state index contributed by atoms with van der Waals surface area (Å²) < 4.78 is 16.2. The normalized spacial score (nSPS) is 10.6. The van der Waals surface area contributed by atoms with Crippen molar-refractivity contribution in [2.45, 2.75) is 58.3 Å². The molecule has 0 aromatic heterocycles. The Hall–Kier alpha value is -1.22. The zero-order chi connectivity index (χ0) is 15.9. The van der Waals surface area contributed by atoms with Crippen molar-refractivity contribution < 1.29 is 14.2 Å². The van der Waals surface area contributed by atoms with E-state index < -0.39 is 0 Å². The number of hydrogen-bond acceptors (Lipinski definition) is 3. The zero-order valence-corrected chi connectivity index (χ0v) is 14.3. The summed E-state index contributed by atoms with van der Waals surface area (Å²) in [5.41, 5.74) is 0. The van der Waals surface area contributed by atoms with Gasteiger partial charge >= 0.3 is 0 Å². The van der Waals surface area contributed by atoms with Gasteiger partial charge in [-0.1, -0.05) is 38.5 Å². The Morgan fingerprint density at radius 2 is 1.18 bits per heavy atom. The second-order valence-corrected chi connectivity index (χ2v) is 5.55. The maximum absolute atomic E-state index is 5.72. The van der Waals surface area contributed by atoms with Gasteiger partial charge in [0.15, 0.2) is 0 Å². The van der Waals surface area contributed by atoms with E-state index in [1.165, 1.54) is 44.9 Å². The first-order valence-corrected chi connectivity index (χ1v) is 8.71. The Bertz CT molecular complexity index is 348. The Kier molecular flexibility index (Phi) is 11.5. The fourth-order valence-electron chi connectivity index (χ4n) is 2.37. The van der Waals surface area contributed by atoms with Gasteiger partial charge in [0.05, 0.1) is 13.7 Å². The zero-order valence-electron chi connectivity index (χ0n) is 14.3. The van der Waals surface area contributed by atoms with Crippen LogP contribution in [0.5, 0.6) is 11.5 Å². The highest BCUT2D eigenvalue weighted by molar-refractivity contribution is 5.31. The molecule has 0 aliphatic heterocycles. The van der Waals surface area contributed by atoms with Crippen molar-refractivity contribution in [3.63, 3.8) is 0 Å². The van der Waals surface area contributed by atoms with Crippen molar-refractivity contribution in [1.29, 1.82) is 0 Å². The van der Waals surface area contributed by atoms with E-state index in [4.69, 9.17) is 14.2 Å². The van der Waals surface area contributed by atoms with E-state index in [9.17, 15) is 0 Å². The molecule has 1 rings (SSSR count). The lowest BCUT2D eigenvalue weighted by molar-refractivity contribution is 0.143. The molecule has 0 fully saturated rings. The van der Waals surface area contributed by atoms with Gasteiger partial charge in [-0.3, -0.25) is 0 Å². The molecule has 0 N–H and O–H groups in total. The molecule has 0 aliphatic rings. The number of benzene rings is 1. The Morgan fingerprint density at radius 3 is 1.73 bits per heavy atom. The lowest BCUT2D eigenvalue weighted by Gasteiger charge is -2.07. The predicted octanol–water partition coefficient (Wildman–Crippen LogP) is 5.23. The number of methoxy groups -OCH3 is 1. The third kappa shape index (κ3) is 9.67. The maximum atomic E-state index is 5.72. The number of rotatable bonds is 14. The van der Waals surface area contributed by atoms with E-state index >= 15 is 0 Å². The fraction of sp³-hybridized carbons (Fsp3) is 0.684. The number of hydrogen-bond donors (Lipinski definition) is 0. The SMILES string of the molecule is CCOCCCCCCCCCCOc1ccc(OC)cc1. The molecule has 0 amide bonds. The average Bonchev–Trinajstić information content (AvgIpc) is 2.56. The molecule has 0 saturated heterocycles. The lowest BCUT2D eigenvalue weighted by Crippen LogP contribution is -1.97. The summed E-state index contributed by atoms with van der Waals surface area (Å²) in [6, 6.07) is 7.78. The molecule has 126 valence electrons. The minimum Gasteiger partial charge on any atom is -0.497 e. The van der Waals surface area contributed by atoms with Gasteiger partial charge in [-0.25, -0.2) is 0 Å². The third-order valence-electron chi connectivity index (χ3n) is 3.72. The van der Waals surface area contributed by atoms with Crippen LogP contribution in [-0.4, -0.2) is 26.9 Å². The monoisotopic (exact) mass is 308 g/mol. The summed E-state index contributed by atoms with van der Waals surface area (Å²) in [5, 5.41) is 0. The van der Waals surface area contributed by atoms with E-state index in [2.05, 4.69) is 6.92 Å². The molecule has 0 saturated carbocycles. The summed E-state index contributed by atoms with van der Waals surface area (Å²) >= 11 is 0. The summed E-state index contributed by atoms with van der Waals surface area (Å²) in [4.78, 5) is 0. The summed E-state index contributed by atoms with van der Waals surface area (Å²) in [7, 11) is 1.68. The van der Waals surface area contributed by atoms with Gasteiger partial charge in [0.1, 0.15) is 11.5 Å². The second kappa shape index (κ2) is 13.4. The topological polar surface area (TPSA) is 27.7 Å². The molecular formula is C19H32O3. The van der Waals surface area contributed by atoms with Gasteiger partial charge in [-0.05, 0) is 44.0 Å². The summed E-state index contributed by atoms with van der Waals surface area (Å²) in [6.45, 7) is 4.64. The molecule has 0 atom stereocenters. The third-order valence-corrected chi connectivity index (χ3v) is 3.72. The molecule has 0 heterocycles. The molecule has 3 heteroatoms. The van der Waals surface area contributed by atoms with Crippen LogP contribution in [0.25, 0.3) is 0 Å². The quantitative estimate of drug-likeness (QED) is 0.440. The molecule has 1 aromatic rings. The highest BCUT2D eigenvalue weighted by Gasteiger charge is 1.96. The van der Waals surface area contributed by atoms with Crippen LogP contribution < -0.4 is 9.47 Å². The first kappa shape index (κ1) is 18.8. The van der Waals surface area contributed by atoms with Crippen LogP contribution in [0.4, 0.5) is 0 Å². The predicted molar refractivity (Wildman–Crippen MR) is 91.9 cm³/mol. The van der Waals surface area contributed by atoms with Gasteiger partial charge in [0.2, 0.25) is 0 Å². The van der Waals surface area contributed by atoms with Gasteiger partial charge in [-0.15, -0.1) is 0 Å². The molecular weight excluding hydrogens is 276 g/mol. The van der Waals surface area contributed by atoms with Crippen molar-refractivity contribution in [1.82, 2.24) is 0 Å². The minimum absolute atomic E-state index is 0.806. The molecule has 0 bridgehead atoms. The standard InChI is InChI=1S/C19H32O3/c1-3-21-16-10-8-6-4-5-7-9-11-17-22-19-14-12-18(20-2)13-15-19/h12-15H,3-11,16-17H2,1-2H3. The van der Waals surface area contributed by atoms with Crippen molar-refractivity contribution in [2.24, 2.45) is 0 Å². The van der Waals surface area contributed by atoms with Crippen molar-refractivity contribution in [2.75, 3.05) is 26.9 Å². The molecule has 0 unspecified atom stereocenters. The van der Waals surface area contributed by atoms with Crippen LogP contribution in [0.3, 0.4) is 0 Å². The first-order chi connectivity index (χ1) is 10.9. The maximum Gasteiger partial charge on any atom is 0.119 e. The molecule has 0 radical (unpaired) electrons. The van der Waals surface area contributed by atoms with Crippen molar-refractivity contribution in [3.05, 3.63) is 24.3 Å². The molecule has 1 aromatic carbocycles. The van der Waals surface area contributed by atoms with E-state index in [1.807, 2.05) is 24.3 Å².